The highest BCUT2D eigenvalue weighted by atomic mass is 32.1. The Morgan fingerprint density at radius 1 is 1.21 bits per heavy atom. The maximum atomic E-state index is 13.8. The van der Waals surface area contributed by atoms with Gasteiger partial charge in [0.2, 0.25) is 0 Å². The highest BCUT2D eigenvalue weighted by Crippen LogP contribution is 2.44. The molecule has 0 radical (unpaired) electrons. The van der Waals surface area contributed by atoms with Gasteiger partial charge in [-0.15, -0.1) is 11.3 Å². The SMILES string of the molecule is CCn1cc(-c2cc(C(F)(F)F)nc3sc(C(N)=O)c(NC(=O)c4ccc(CN5CCCC5)o4)c23)c(C)n1. The molecule has 1 aliphatic heterocycles. The molecular formula is C25H25F3N6O3S. The molecule has 5 heterocycles. The topological polar surface area (TPSA) is 119 Å². The molecule has 0 spiro atoms. The van der Waals surface area contributed by atoms with Crippen LogP contribution in [-0.2, 0) is 19.3 Å². The van der Waals surface area contributed by atoms with Gasteiger partial charge in [0, 0.05) is 23.7 Å². The van der Waals surface area contributed by atoms with E-state index in [1.54, 1.807) is 23.9 Å². The quantitative estimate of drug-likeness (QED) is 0.335. The number of likely N-dealkylation sites (tertiary alicyclic amines) is 1. The van der Waals surface area contributed by atoms with E-state index >= 15 is 0 Å². The summed E-state index contributed by atoms with van der Waals surface area (Å²) >= 11 is 0.688. The second-order valence-electron chi connectivity index (χ2n) is 9.09. The number of hydrogen-bond acceptors (Lipinski definition) is 7. The summed E-state index contributed by atoms with van der Waals surface area (Å²) in [6.45, 7) is 6.49. The molecule has 13 heteroatoms. The van der Waals surface area contributed by atoms with Gasteiger partial charge in [-0.3, -0.25) is 19.2 Å². The van der Waals surface area contributed by atoms with Gasteiger partial charge < -0.3 is 15.5 Å². The summed E-state index contributed by atoms with van der Waals surface area (Å²) < 4.78 is 48.7. The van der Waals surface area contributed by atoms with Crippen LogP contribution in [-0.4, -0.2) is 44.6 Å². The summed E-state index contributed by atoms with van der Waals surface area (Å²) in [5.74, 6) is -0.947. The summed E-state index contributed by atoms with van der Waals surface area (Å²) in [5, 5.41) is 7.18. The highest BCUT2D eigenvalue weighted by Gasteiger charge is 2.35. The van der Waals surface area contributed by atoms with Crippen LogP contribution >= 0.6 is 11.3 Å². The Balaban J connectivity index is 1.61. The van der Waals surface area contributed by atoms with Crippen LogP contribution in [0.2, 0.25) is 0 Å². The molecule has 0 unspecified atom stereocenters. The second-order valence-corrected chi connectivity index (χ2v) is 10.1. The zero-order valence-electron chi connectivity index (χ0n) is 20.7. The van der Waals surface area contributed by atoms with E-state index < -0.39 is 23.7 Å². The number of hydrogen-bond donors (Lipinski definition) is 2. The van der Waals surface area contributed by atoms with Gasteiger partial charge in [0.25, 0.3) is 11.8 Å². The lowest BCUT2D eigenvalue weighted by molar-refractivity contribution is -0.140. The predicted octanol–water partition coefficient (Wildman–Crippen LogP) is 5.05. The van der Waals surface area contributed by atoms with E-state index in [-0.39, 0.29) is 32.1 Å². The normalized spacial score (nSPS) is 14.4. The summed E-state index contributed by atoms with van der Waals surface area (Å²) in [4.78, 5) is 31.3. The first kappa shape index (κ1) is 25.9. The first-order valence-corrected chi connectivity index (χ1v) is 12.9. The minimum Gasteiger partial charge on any atom is -0.455 e. The number of nitrogens with zero attached hydrogens (tertiary/aromatic N) is 4. The molecule has 0 aliphatic carbocycles. The molecule has 0 atom stereocenters. The number of alkyl halides is 3. The third-order valence-corrected chi connectivity index (χ3v) is 7.54. The zero-order valence-corrected chi connectivity index (χ0v) is 21.5. The number of thiophene rings is 1. The van der Waals surface area contributed by atoms with Gasteiger partial charge >= 0.3 is 6.18 Å². The molecule has 0 aromatic carbocycles. The lowest BCUT2D eigenvalue weighted by Crippen LogP contribution is -2.18. The number of rotatable bonds is 7. The van der Waals surface area contributed by atoms with Gasteiger partial charge in [-0.2, -0.15) is 18.3 Å². The van der Waals surface area contributed by atoms with Crippen LogP contribution in [0.1, 0.15) is 57.1 Å². The Hall–Kier alpha value is -3.71. The second kappa shape index (κ2) is 9.87. The molecule has 4 aromatic heterocycles. The third-order valence-electron chi connectivity index (χ3n) is 6.44. The van der Waals surface area contributed by atoms with Crippen LogP contribution < -0.4 is 11.1 Å². The van der Waals surface area contributed by atoms with Crippen molar-refractivity contribution in [1.82, 2.24) is 19.7 Å². The lowest BCUT2D eigenvalue weighted by Gasteiger charge is -2.12. The molecule has 5 rings (SSSR count). The van der Waals surface area contributed by atoms with Gasteiger partial charge in [0.05, 0.1) is 17.9 Å². The maximum absolute atomic E-state index is 13.8. The van der Waals surface area contributed by atoms with Crippen LogP contribution in [0.4, 0.5) is 18.9 Å². The smallest absolute Gasteiger partial charge is 0.433 e. The minimum absolute atomic E-state index is 0.00497. The van der Waals surface area contributed by atoms with Gasteiger partial charge in [0.1, 0.15) is 21.2 Å². The molecule has 4 aromatic rings. The summed E-state index contributed by atoms with van der Waals surface area (Å²) in [6, 6.07) is 4.13. The van der Waals surface area contributed by atoms with E-state index in [2.05, 4.69) is 20.3 Å². The molecule has 9 nitrogen and oxygen atoms in total. The van der Waals surface area contributed by atoms with Crippen molar-refractivity contribution in [3.63, 3.8) is 0 Å². The van der Waals surface area contributed by atoms with Crippen LogP contribution in [0, 0.1) is 6.92 Å². The average Bonchev–Trinajstić information content (AvgIpc) is 3.65. The number of halogens is 3. The van der Waals surface area contributed by atoms with Crippen LogP contribution in [0.25, 0.3) is 21.3 Å². The van der Waals surface area contributed by atoms with E-state index in [4.69, 9.17) is 10.2 Å². The fraction of sp³-hybridized carbons (Fsp3) is 0.360. The number of pyridine rings is 1. The van der Waals surface area contributed by atoms with Crippen molar-refractivity contribution in [2.75, 3.05) is 18.4 Å². The van der Waals surface area contributed by atoms with E-state index in [0.29, 0.717) is 41.4 Å². The van der Waals surface area contributed by atoms with Gasteiger partial charge in [-0.25, -0.2) is 4.98 Å². The Kier molecular flexibility index (Phi) is 6.73. The molecule has 200 valence electrons. The Bertz CT molecular complexity index is 1530. The summed E-state index contributed by atoms with van der Waals surface area (Å²) in [6.07, 6.45) is -0.900. The van der Waals surface area contributed by atoms with Crippen molar-refractivity contribution >= 4 is 39.1 Å². The molecule has 0 bridgehead atoms. The van der Waals surface area contributed by atoms with E-state index in [0.717, 1.165) is 32.0 Å². The zero-order chi connectivity index (χ0) is 27.2. The number of carbonyl (C=O) groups is 2. The molecule has 0 saturated carbocycles. The van der Waals surface area contributed by atoms with Crippen molar-refractivity contribution in [2.45, 2.75) is 46.0 Å². The molecular weight excluding hydrogens is 521 g/mol. The van der Waals surface area contributed by atoms with Gasteiger partial charge in [-0.05, 0) is 63.5 Å². The average molecular weight is 547 g/mol. The van der Waals surface area contributed by atoms with Crippen LogP contribution in [0.5, 0.6) is 0 Å². The standard InChI is InChI=1S/C25H25F3N6O3S/c1-3-34-12-16(13(2)32-34)15-10-18(25(26,27)28)30-24-19(15)20(21(38-24)22(29)35)31-23(36)17-7-6-14(37-17)11-33-8-4-5-9-33/h6-7,10,12H,3-5,8-9,11H2,1-2H3,(H2,29,35)(H,31,36). The van der Waals surface area contributed by atoms with Crippen molar-refractivity contribution < 1.29 is 27.2 Å². The number of aryl methyl sites for hydroxylation is 2. The number of fused-ring (bicyclic) bond motifs is 1. The first-order chi connectivity index (χ1) is 18.0. The summed E-state index contributed by atoms with van der Waals surface area (Å²) in [7, 11) is 0. The third kappa shape index (κ3) is 4.90. The number of nitrogens with one attached hydrogen (secondary N) is 1. The molecule has 1 aliphatic rings. The number of amides is 2. The van der Waals surface area contributed by atoms with Crippen LogP contribution in [0.15, 0.2) is 28.8 Å². The monoisotopic (exact) mass is 546 g/mol. The summed E-state index contributed by atoms with van der Waals surface area (Å²) in [5.41, 5.74) is 5.47. The number of primary amides is 1. The predicted molar refractivity (Wildman–Crippen MR) is 136 cm³/mol. The van der Waals surface area contributed by atoms with E-state index in [9.17, 15) is 22.8 Å². The van der Waals surface area contributed by atoms with E-state index in [1.165, 1.54) is 6.07 Å². The largest absolute Gasteiger partial charge is 0.455 e. The van der Waals surface area contributed by atoms with Crippen molar-refractivity contribution in [3.05, 3.63) is 52.2 Å². The van der Waals surface area contributed by atoms with Crippen molar-refractivity contribution in [3.8, 4) is 11.1 Å². The highest BCUT2D eigenvalue weighted by molar-refractivity contribution is 7.21. The number of aromatic nitrogens is 3. The molecule has 1 fully saturated rings. The van der Waals surface area contributed by atoms with E-state index in [1.807, 2.05) is 6.92 Å². The number of furan rings is 1. The minimum atomic E-state index is -4.74. The molecule has 1 saturated heterocycles. The maximum Gasteiger partial charge on any atom is 0.433 e. The Labute approximate surface area is 219 Å². The number of carbonyl (C=O) groups excluding carboxylic acids is 2. The number of nitrogens with two attached hydrogens (primary N) is 1. The molecule has 2 amide bonds. The number of anilines is 1. The fourth-order valence-electron chi connectivity index (χ4n) is 4.61. The lowest BCUT2D eigenvalue weighted by atomic mass is 10.0. The van der Waals surface area contributed by atoms with Crippen molar-refractivity contribution in [1.29, 1.82) is 0 Å². The first-order valence-electron chi connectivity index (χ1n) is 12.1. The van der Waals surface area contributed by atoms with Crippen molar-refractivity contribution in [2.24, 2.45) is 5.73 Å². The Morgan fingerprint density at radius 2 is 1.95 bits per heavy atom. The Morgan fingerprint density at radius 3 is 2.58 bits per heavy atom. The molecule has 38 heavy (non-hydrogen) atoms. The van der Waals surface area contributed by atoms with Gasteiger partial charge in [-0.1, -0.05) is 0 Å². The molecule has 3 N–H and O–H groups in total. The fourth-order valence-corrected chi connectivity index (χ4v) is 5.62. The van der Waals surface area contributed by atoms with Crippen LogP contribution in [0.3, 0.4) is 0 Å². The van der Waals surface area contributed by atoms with Gasteiger partial charge in [0.15, 0.2) is 5.76 Å².